The zero-order valence-electron chi connectivity index (χ0n) is 13.0. The van der Waals surface area contributed by atoms with Gasteiger partial charge in [0.15, 0.2) is 5.78 Å². The van der Waals surface area contributed by atoms with Gasteiger partial charge in [-0.3, -0.25) is 4.79 Å². The van der Waals surface area contributed by atoms with Gasteiger partial charge in [-0.25, -0.2) is 0 Å². The molecule has 0 aliphatic carbocycles. The summed E-state index contributed by atoms with van der Waals surface area (Å²) in [6.07, 6.45) is 6.56. The molecule has 0 fully saturated rings. The van der Waals surface area contributed by atoms with Crippen molar-refractivity contribution >= 4 is 16.6 Å². The molecular weight excluding hydrogens is 260 g/mol. The summed E-state index contributed by atoms with van der Waals surface area (Å²) in [5.74, 6) is 1.10. The highest BCUT2D eigenvalue weighted by atomic mass is 16.5. The van der Waals surface area contributed by atoms with Crippen LogP contribution in [0.15, 0.2) is 36.4 Å². The van der Waals surface area contributed by atoms with Crippen molar-refractivity contribution in [3.05, 3.63) is 42.0 Å². The number of carbonyl (C=O) groups excluding carboxylic acids is 1. The topological polar surface area (TPSA) is 26.3 Å². The molecule has 0 N–H and O–H groups in total. The van der Waals surface area contributed by atoms with E-state index in [0.29, 0.717) is 6.42 Å². The SMILES string of the molecule is CCCCCCCC(=O)c1ccc2cc(OC)ccc2c1. The highest BCUT2D eigenvalue weighted by Gasteiger charge is 2.07. The maximum atomic E-state index is 12.2. The second-order valence-electron chi connectivity index (χ2n) is 5.52. The molecule has 21 heavy (non-hydrogen) atoms. The van der Waals surface area contributed by atoms with Gasteiger partial charge < -0.3 is 4.74 Å². The van der Waals surface area contributed by atoms with Crippen molar-refractivity contribution in [1.82, 2.24) is 0 Å². The van der Waals surface area contributed by atoms with Crippen LogP contribution in [0.2, 0.25) is 0 Å². The maximum absolute atomic E-state index is 12.2. The predicted octanol–water partition coefficient (Wildman–Crippen LogP) is 5.39. The highest BCUT2D eigenvalue weighted by Crippen LogP contribution is 2.22. The van der Waals surface area contributed by atoms with E-state index in [9.17, 15) is 4.79 Å². The van der Waals surface area contributed by atoms with Crippen molar-refractivity contribution in [2.75, 3.05) is 7.11 Å². The highest BCUT2D eigenvalue weighted by molar-refractivity contribution is 6.00. The number of carbonyl (C=O) groups is 1. The fraction of sp³-hybridized carbons (Fsp3) is 0.421. The molecule has 0 aliphatic rings. The molecule has 0 atom stereocenters. The molecule has 2 heteroatoms. The van der Waals surface area contributed by atoms with E-state index < -0.39 is 0 Å². The molecule has 0 bridgehead atoms. The Morgan fingerprint density at radius 3 is 2.43 bits per heavy atom. The maximum Gasteiger partial charge on any atom is 0.162 e. The lowest BCUT2D eigenvalue weighted by Gasteiger charge is -2.05. The Labute approximate surface area is 127 Å². The number of rotatable bonds is 8. The van der Waals surface area contributed by atoms with Gasteiger partial charge in [0.1, 0.15) is 5.75 Å². The van der Waals surface area contributed by atoms with Gasteiger partial charge in [0.05, 0.1) is 7.11 Å². The van der Waals surface area contributed by atoms with Crippen molar-refractivity contribution in [3.8, 4) is 5.75 Å². The molecule has 0 aromatic heterocycles. The van der Waals surface area contributed by atoms with Gasteiger partial charge in [0.2, 0.25) is 0 Å². The number of hydrogen-bond donors (Lipinski definition) is 0. The van der Waals surface area contributed by atoms with Crippen LogP contribution < -0.4 is 4.74 Å². The van der Waals surface area contributed by atoms with Crippen LogP contribution in [0, 0.1) is 0 Å². The molecule has 0 spiro atoms. The summed E-state index contributed by atoms with van der Waals surface area (Å²) >= 11 is 0. The van der Waals surface area contributed by atoms with Crippen LogP contribution >= 0.6 is 0 Å². The smallest absolute Gasteiger partial charge is 0.162 e. The third kappa shape index (κ3) is 4.32. The van der Waals surface area contributed by atoms with Crippen LogP contribution in [0.5, 0.6) is 5.75 Å². The first-order valence-electron chi connectivity index (χ1n) is 7.85. The van der Waals surface area contributed by atoms with E-state index in [2.05, 4.69) is 6.92 Å². The van der Waals surface area contributed by atoms with Crippen LogP contribution in [0.4, 0.5) is 0 Å². The van der Waals surface area contributed by atoms with E-state index in [-0.39, 0.29) is 5.78 Å². The molecule has 0 aliphatic heterocycles. The average Bonchev–Trinajstić information content (AvgIpc) is 2.53. The molecule has 2 rings (SSSR count). The van der Waals surface area contributed by atoms with Gasteiger partial charge in [-0.05, 0) is 35.4 Å². The fourth-order valence-electron chi connectivity index (χ4n) is 2.56. The number of methoxy groups -OCH3 is 1. The molecule has 0 saturated heterocycles. The number of fused-ring (bicyclic) bond motifs is 1. The van der Waals surface area contributed by atoms with Crippen LogP contribution in [0.3, 0.4) is 0 Å². The largest absolute Gasteiger partial charge is 0.497 e. The Hall–Kier alpha value is -1.83. The number of unbranched alkanes of at least 4 members (excludes halogenated alkanes) is 4. The third-order valence-electron chi connectivity index (χ3n) is 3.88. The van der Waals surface area contributed by atoms with E-state index in [0.717, 1.165) is 34.9 Å². The first-order chi connectivity index (χ1) is 10.2. The molecule has 0 saturated carbocycles. The number of ketones is 1. The van der Waals surface area contributed by atoms with Crippen molar-refractivity contribution in [2.45, 2.75) is 45.4 Å². The number of Topliss-reactive ketones (excluding diaryl/α,β-unsaturated/α-hetero) is 1. The summed E-state index contributed by atoms with van der Waals surface area (Å²) in [5, 5.41) is 2.20. The Kier molecular flexibility index (Phi) is 5.79. The zero-order valence-corrected chi connectivity index (χ0v) is 13.0. The number of ether oxygens (including phenoxy) is 1. The Morgan fingerprint density at radius 2 is 1.67 bits per heavy atom. The molecule has 0 unspecified atom stereocenters. The summed E-state index contributed by atoms with van der Waals surface area (Å²) in [4.78, 5) is 12.2. The van der Waals surface area contributed by atoms with Gasteiger partial charge in [0.25, 0.3) is 0 Å². The average molecular weight is 284 g/mol. The van der Waals surface area contributed by atoms with Crippen molar-refractivity contribution < 1.29 is 9.53 Å². The summed E-state index contributed by atoms with van der Waals surface area (Å²) in [6.45, 7) is 2.20. The van der Waals surface area contributed by atoms with E-state index in [1.807, 2.05) is 36.4 Å². The predicted molar refractivity (Wildman–Crippen MR) is 88.2 cm³/mol. The Morgan fingerprint density at radius 1 is 0.952 bits per heavy atom. The molecule has 2 aromatic carbocycles. The van der Waals surface area contributed by atoms with E-state index in [1.54, 1.807) is 7.11 Å². The fourth-order valence-corrected chi connectivity index (χ4v) is 2.56. The molecule has 112 valence electrons. The van der Waals surface area contributed by atoms with E-state index in [4.69, 9.17) is 4.74 Å². The van der Waals surface area contributed by atoms with E-state index in [1.165, 1.54) is 19.3 Å². The van der Waals surface area contributed by atoms with Crippen molar-refractivity contribution in [1.29, 1.82) is 0 Å². The normalized spacial score (nSPS) is 10.8. The summed E-state index contributed by atoms with van der Waals surface area (Å²) in [6, 6.07) is 11.9. The lowest BCUT2D eigenvalue weighted by molar-refractivity contribution is 0.0979. The van der Waals surface area contributed by atoms with E-state index >= 15 is 0 Å². The standard InChI is InChI=1S/C19H24O2/c1-3-4-5-6-7-8-19(20)17-10-9-16-14-18(21-2)12-11-15(16)13-17/h9-14H,3-8H2,1-2H3. The van der Waals surface area contributed by atoms with Gasteiger partial charge in [-0.1, -0.05) is 50.8 Å². The zero-order chi connectivity index (χ0) is 15.1. The molecule has 0 heterocycles. The lowest BCUT2D eigenvalue weighted by Crippen LogP contribution is -1.98. The van der Waals surface area contributed by atoms with Crippen LogP contribution in [-0.2, 0) is 0 Å². The summed E-state index contributed by atoms with van der Waals surface area (Å²) in [5.41, 5.74) is 0.822. The van der Waals surface area contributed by atoms with Crippen molar-refractivity contribution in [3.63, 3.8) is 0 Å². The monoisotopic (exact) mass is 284 g/mol. The molecular formula is C19H24O2. The molecule has 2 aromatic rings. The number of hydrogen-bond acceptors (Lipinski definition) is 2. The first kappa shape index (κ1) is 15.6. The van der Waals surface area contributed by atoms with Gasteiger partial charge >= 0.3 is 0 Å². The lowest BCUT2D eigenvalue weighted by atomic mass is 10.0. The van der Waals surface area contributed by atoms with Gasteiger partial charge in [0, 0.05) is 12.0 Å². The second kappa shape index (κ2) is 7.82. The molecule has 2 nitrogen and oxygen atoms in total. The van der Waals surface area contributed by atoms with Gasteiger partial charge in [-0.15, -0.1) is 0 Å². The summed E-state index contributed by atoms with van der Waals surface area (Å²) in [7, 11) is 1.66. The van der Waals surface area contributed by atoms with Crippen LogP contribution in [0.25, 0.3) is 10.8 Å². The Bertz CT molecular complexity index is 602. The van der Waals surface area contributed by atoms with Gasteiger partial charge in [-0.2, -0.15) is 0 Å². The minimum absolute atomic E-state index is 0.254. The van der Waals surface area contributed by atoms with Crippen LogP contribution in [-0.4, -0.2) is 12.9 Å². The minimum atomic E-state index is 0.254. The van der Waals surface area contributed by atoms with Crippen molar-refractivity contribution in [2.24, 2.45) is 0 Å². The Balaban J connectivity index is 1.99. The first-order valence-corrected chi connectivity index (χ1v) is 7.85. The minimum Gasteiger partial charge on any atom is -0.497 e. The van der Waals surface area contributed by atoms with Crippen LogP contribution in [0.1, 0.15) is 55.8 Å². The molecule has 0 amide bonds. The molecule has 0 radical (unpaired) electrons. The third-order valence-corrected chi connectivity index (χ3v) is 3.88. The number of benzene rings is 2. The summed E-state index contributed by atoms with van der Waals surface area (Å²) < 4.78 is 5.22. The quantitative estimate of drug-likeness (QED) is 0.480. The second-order valence-corrected chi connectivity index (χ2v) is 5.52.